The minimum Gasteiger partial charge on any atom is -0.493 e. The van der Waals surface area contributed by atoms with Crippen LogP contribution < -0.4 is 10.1 Å². The average molecular weight is 461 g/mol. The van der Waals surface area contributed by atoms with Gasteiger partial charge in [-0.05, 0) is 43.3 Å². The Morgan fingerprint density at radius 2 is 2.07 bits per heavy atom. The summed E-state index contributed by atoms with van der Waals surface area (Å²) in [6, 6.07) is 11.4. The van der Waals surface area contributed by atoms with Crippen molar-refractivity contribution >= 4 is 44.8 Å². The van der Waals surface area contributed by atoms with Crippen LogP contribution in [0.3, 0.4) is 0 Å². The SMILES string of the molecule is Cc1ncsc1CCOc1cccc(C(=O)Nc2ccc(Br)cc2C(=O)O)c1. The highest BCUT2D eigenvalue weighted by Gasteiger charge is 2.14. The molecule has 1 aromatic heterocycles. The fraction of sp³-hybridized carbons (Fsp3) is 0.150. The molecule has 8 heteroatoms. The Kier molecular flexibility index (Phi) is 6.43. The molecule has 0 saturated carbocycles. The van der Waals surface area contributed by atoms with Gasteiger partial charge < -0.3 is 15.2 Å². The van der Waals surface area contributed by atoms with Crippen LogP contribution in [-0.2, 0) is 6.42 Å². The number of thiazole rings is 1. The Bertz CT molecular complexity index is 1020. The minimum atomic E-state index is -1.12. The van der Waals surface area contributed by atoms with Crippen LogP contribution in [0.1, 0.15) is 31.3 Å². The number of hydrogen-bond acceptors (Lipinski definition) is 5. The number of carbonyl (C=O) groups is 2. The lowest BCUT2D eigenvalue weighted by Crippen LogP contribution is -2.15. The molecule has 6 nitrogen and oxygen atoms in total. The second kappa shape index (κ2) is 8.99. The molecule has 0 fully saturated rings. The van der Waals surface area contributed by atoms with E-state index in [1.807, 2.05) is 12.4 Å². The number of benzene rings is 2. The molecule has 0 spiro atoms. The standard InChI is InChI=1S/C20H17BrN2O4S/c1-12-18(28-11-22-12)7-8-27-15-4-2-3-13(9-15)19(24)23-17-6-5-14(21)10-16(17)20(25)26/h2-6,9-11H,7-8H2,1H3,(H,23,24)(H,25,26). The number of ether oxygens (including phenoxy) is 1. The maximum absolute atomic E-state index is 12.6. The van der Waals surface area contributed by atoms with Crippen molar-refractivity contribution in [3.63, 3.8) is 0 Å². The first kappa shape index (κ1) is 20.0. The smallest absolute Gasteiger partial charge is 0.337 e. The van der Waals surface area contributed by atoms with Crippen molar-refractivity contribution in [1.29, 1.82) is 0 Å². The largest absolute Gasteiger partial charge is 0.493 e. The van der Waals surface area contributed by atoms with Crippen LogP contribution in [0, 0.1) is 6.92 Å². The fourth-order valence-corrected chi connectivity index (χ4v) is 3.68. The molecule has 2 N–H and O–H groups in total. The molecular formula is C20H17BrN2O4S. The Hall–Kier alpha value is -2.71. The van der Waals surface area contributed by atoms with Crippen molar-refractivity contribution in [3.05, 3.63) is 74.1 Å². The minimum absolute atomic E-state index is 0.00931. The number of nitrogens with zero attached hydrogens (tertiary/aromatic N) is 1. The van der Waals surface area contributed by atoms with E-state index < -0.39 is 11.9 Å². The number of hydrogen-bond donors (Lipinski definition) is 2. The molecular weight excluding hydrogens is 444 g/mol. The van der Waals surface area contributed by atoms with Crippen molar-refractivity contribution < 1.29 is 19.4 Å². The van der Waals surface area contributed by atoms with Crippen molar-refractivity contribution in [2.75, 3.05) is 11.9 Å². The lowest BCUT2D eigenvalue weighted by atomic mass is 10.1. The van der Waals surface area contributed by atoms with Crippen molar-refractivity contribution in [1.82, 2.24) is 4.98 Å². The first-order chi connectivity index (χ1) is 13.4. The van der Waals surface area contributed by atoms with Crippen LogP contribution in [0.25, 0.3) is 0 Å². The van der Waals surface area contributed by atoms with E-state index in [-0.39, 0.29) is 11.3 Å². The van der Waals surface area contributed by atoms with Crippen LogP contribution >= 0.6 is 27.3 Å². The second-order valence-corrected chi connectivity index (χ2v) is 7.79. The first-order valence-corrected chi connectivity index (χ1v) is 10.1. The van der Waals surface area contributed by atoms with Gasteiger partial charge in [-0.2, -0.15) is 0 Å². The predicted octanol–water partition coefficient (Wildman–Crippen LogP) is 4.79. The van der Waals surface area contributed by atoms with E-state index in [2.05, 4.69) is 26.2 Å². The number of halogens is 1. The maximum atomic E-state index is 12.6. The van der Waals surface area contributed by atoms with E-state index in [1.165, 1.54) is 10.9 Å². The summed E-state index contributed by atoms with van der Waals surface area (Å²) >= 11 is 4.82. The van der Waals surface area contributed by atoms with Gasteiger partial charge >= 0.3 is 5.97 Å². The molecule has 0 radical (unpaired) electrons. The van der Waals surface area contributed by atoms with Gasteiger partial charge in [-0.25, -0.2) is 9.78 Å². The molecule has 3 rings (SSSR count). The summed E-state index contributed by atoms with van der Waals surface area (Å²) in [5.41, 5.74) is 3.43. The number of aryl methyl sites for hydroxylation is 1. The average Bonchev–Trinajstić information content (AvgIpc) is 3.08. The third kappa shape index (κ3) is 4.96. The van der Waals surface area contributed by atoms with Gasteiger partial charge in [0.25, 0.3) is 5.91 Å². The third-order valence-electron chi connectivity index (χ3n) is 4.00. The molecule has 0 aliphatic carbocycles. The summed E-state index contributed by atoms with van der Waals surface area (Å²) < 4.78 is 6.37. The fourth-order valence-electron chi connectivity index (χ4n) is 2.55. The quantitative estimate of drug-likeness (QED) is 0.529. The zero-order chi connectivity index (χ0) is 20.1. The topological polar surface area (TPSA) is 88.5 Å². The van der Waals surface area contributed by atoms with Gasteiger partial charge in [-0.1, -0.05) is 22.0 Å². The van der Waals surface area contributed by atoms with E-state index >= 15 is 0 Å². The first-order valence-electron chi connectivity index (χ1n) is 8.40. The number of carboxylic acids is 1. The number of carboxylic acid groups (broad SMARTS) is 1. The molecule has 0 aliphatic heterocycles. The molecule has 1 heterocycles. The van der Waals surface area contributed by atoms with E-state index in [9.17, 15) is 14.7 Å². The zero-order valence-corrected chi connectivity index (χ0v) is 17.3. The van der Waals surface area contributed by atoms with Gasteiger partial charge in [0.05, 0.1) is 29.1 Å². The number of rotatable bonds is 7. The molecule has 1 amide bonds. The molecule has 3 aromatic rings. The Labute approximate surface area is 174 Å². The van der Waals surface area contributed by atoms with Gasteiger partial charge in [-0.15, -0.1) is 11.3 Å². The molecule has 2 aromatic carbocycles. The van der Waals surface area contributed by atoms with Crippen LogP contribution in [-0.4, -0.2) is 28.6 Å². The van der Waals surface area contributed by atoms with Crippen molar-refractivity contribution in [3.8, 4) is 5.75 Å². The monoisotopic (exact) mass is 460 g/mol. The number of aromatic carboxylic acids is 1. The number of carbonyl (C=O) groups excluding carboxylic acids is 1. The summed E-state index contributed by atoms with van der Waals surface area (Å²) in [4.78, 5) is 29.3. The number of nitrogens with one attached hydrogen (secondary N) is 1. The van der Waals surface area contributed by atoms with Gasteiger partial charge in [0.2, 0.25) is 0 Å². The highest BCUT2D eigenvalue weighted by molar-refractivity contribution is 9.10. The maximum Gasteiger partial charge on any atom is 0.337 e. The number of aromatic nitrogens is 1. The van der Waals surface area contributed by atoms with E-state index in [0.29, 0.717) is 22.4 Å². The summed E-state index contributed by atoms with van der Waals surface area (Å²) in [6.07, 6.45) is 0.744. The van der Waals surface area contributed by atoms with Gasteiger partial charge in [0.1, 0.15) is 5.75 Å². The molecule has 0 saturated heterocycles. The highest BCUT2D eigenvalue weighted by Crippen LogP contribution is 2.23. The normalized spacial score (nSPS) is 10.5. The van der Waals surface area contributed by atoms with Gasteiger partial charge in [0, 0.05) is 21.3 Å². The van der Waals surface area contributed by atoms with Crippen molar-refractivity contribution in [2.24, 2.45) is 0 Å². The molecule has 28 heavy (non-hydrogen) atoms. The summed E-state index contributed by atoms with van der Waals surface area (Å²) in [6.45, 7) is 2.44. The van der Waals surface area contributed by atoms with Gasteiger partial charge in [0.15, 0.2) is 0 Å². The Morgan fingerprint density at radius 1 is 1.25 bits per heavy atom. The summed E-state index contributed by atoms with van der Waals surface area (Å²) in [5, 5.41) is 12.0. The Balaban J connectivity index is 1.67. The van der Waals surface area contributed by atoms with Crippen molar-refractivity contribution in [2.45, 2.75) is 13.3 Å². The van der Waals surface area contributed by atoms with Crippen LogP contribution in [0.15, 0.2) is 52.4 Å². The molecule has 0 aliphatic rings. The zero-order valence-electron chi connectivity index (χ0n) is 14.9. The van der Waals surface area contributed by atoms with E-state index in [4.69, 9.17) is 4.74 Å². The lowest BCUT2D eigenvalue weighted by Gasteiger charge is -2.10. The van der Waals surface area contributed by atoms with E-state index in [1.54, 1.807) is 47.7 Å². The second-order valence-electron chi connectivity index (χ2n) is 5.94. The van der Waals surface area contributed by atoms with Crippen LogP contribution in [0.2, 0.25) is 0 Å². The molecule has 0 bridgehead atoms. The predicted molar refractivity (Wildman–Crippen MR) is 112 cm³/mol. The molecule has 144 valence electrons. The number of anilines is 1. The Morgan fingerprint density at radius 3 is 2.79 bits per heavy atom. The van der Waals surface area contributed by atoms with Gasteiger partial charge in [-0.3, -0.25) is 4.79 Å². The summed E-state index contributed by atoms with van der Waals surface area (Å²) in [7, 11) is 0. The summed E-state index contributed by atoms with van der Waals surface area (Å²) in [5.74, 6) is -0.954. The molecule has 0 unspecified atom stereocenters. The third-order valence-corrected chi connectivity index (χ3v) is 5.49. The lowest BCUT2D eigenvalue weighted by molar-refractivity contribution is 0.0698. The van der Waals surface area contributed by atoms with E-state index in [0.717, 1.165) is 12.1 Å². The van der Waals surface area contributed by atoms with Crippen LogP contribution in [0.4, 0.5) is 5.69 Å². The highest BCUT2D eigenvalue weighted by atomic mass is 79.9. The van der Waals surface area contributed by atoms with Crippen LogP contribution in [0.5, 0.6) is 5.75 Å². The number of amides is 1. The molecule has 0 atom stereocenters.